The number of halogens is 2. The van der Waals surface area contributed by atoms with Crippen LogP contribution in [-0.4, -0.2) is 29.8 Å². The third-order valence-electron chi connectivity index (χ3n) is 3.71. The highest BCUT2D eigenvalue weighted by Gasteiger charge is 2.49. The summed E-state index contributed by atoms with van der Waals surface area (Å²) in [5.41, 5.74) is 0.593. The highest BCUT2D eigenvalue weighted by atomic mass is 35.5. The van der Waals surface area contributed by atoms with Gasteiger partial charge in [-0.1, -0.05) is 23.2 Å². The first-order valence-corrected chi connectivity index (χ1v) is 7.78. The Bertz CT molecular complexity index is 559. The van der Waals surface area contributed by atoms with Crippen LogP contribution in [-0.2, 0) is 9.59 Å². The Morgan fingerprint density at radius 2 is 1.86 bits per heavy atom. The van der Waals surface area contributed by atoms with E-state index in [9.17, 15) is 9.59 Å². The molecule has 1 aliphatic carbocycles. The van der Waals surface area contributed by atoms with Crippen molar-refractivity contribution < 1.29 is 9.59 Å². The summed E-state index contributed by atoms with van der Waals surface area (Å²) in [7, 11) is 0. The van der Waals surface area contributed by atoms with Crippen molar-refractivity contribution in [1.29, 1.82) is 0 Å². The van der Waals surface area contributed by atoms with Gasteiger partial charge < -0.3 is 10.2 Å². The maximum atomic E-state index is 12.1. The van der Waals surface area contributed by atoms with Crippen LogP contribution >= 0.6 is 23.2 Å². The molecule has 0 spiro atoms. The van der Waals surface area contributed by atoms with Crippen molar-refractivity contribution in [2.24, 2.45) is 11.8 Å². The Kier molecular flexibility index (Phi) is 5.12. The number of amides is 2. The second-order valence-electron chi connectivity index (χ2n) is 5.08. The minimum Gasteiger partial charge on any atom is -0.343 e. The van der Waals surface area contributed by atoms with Crippen molar-refractivity contribution in [3.63, 3.8) is 0 Å². The molecule has 1 aromatic carbocycles. The SMILES string of the molecule is CCN(CC)C(=O)C1CC1C(=O)Nc1ccc(Cl)c(Cl)c1. The Labute approximate surface area is 134 Å². The van der Waals surface area contributed by atoms with Crippen molar-refractivity contribution in [3.8, 4) is 0 Å². The van der Waals surface area contributed by atoms with Gasteiger partial charge in [0.15, 0.2) is 0 Å². The Morgan fingerprint density at radius 3 is 2.43 bits per heavy atom. The summed E-state index contributed by atoms with van der Waals surface area (Å²) in [5, 5.41) is 3.61. The van der Waals surface area contributed by atoms with Crippen LogP contribution in [0.2, 0.25) is 10.0 Å². The summed E-state index contributed by atoms with van der Waals surface area (Å²) in [4.78, 5) is 26.0. The molecule has 1 aliphatic rings. The first-order chi connectivity index (χ1) is 9.97. The lowest BCUT2D eigenvalue weighted by molar-refractivity contribution is -0.133. The first-order valence-electron chi connectivity index (χ1n) is 7.02. The van der Waals surface area contributed by atoms with Gasteiger partial charge in [0.25, 0.3) is 0 Å². The Balaban J connectivity index is 1.94. The van der Waals surface area contributed by atoms with Gasteiger partial charge in [0.05, 0.1) is 21.9 Å². The summed E-state index contributed by atoms with van der Waals surface area (Å²) >= 11 is 11.7. The van der Waals surface area contributed by atoms with E-state index in [1.165, 1.54) is 0 Å². The molecule has 2 unspecified atom stereocenters. The second-order valence-corrected chi connectivity index (χ2v) is 5.89. The van der Waals surface area contributed by atoms with Crippen molar-refractivity contribution in [1.82, 2.24) is 4.90 Å². The number of hydrogen-bond donors (Lipinski definition) is 1. The molecule has 6 heteroatoms. The molecule has 1 N–H and O–H groups in total. The highest BCUT2D eigenvalue weighted by Crippen LogP contribution is 2.41. The zero-order chi connectivity index (χ0) is 15.6. The van der Waals surface area contributed by atoms with Crippen molar-refractivity contribution in [2.75, 3.05) is 18.4 Å². The predicted molar refractivity (Wildman–Crippen MR) is 84.6 cm³/mol. The smallest absolute Gasteiger partial charge is 0.228 e. The molecule has 114 valence electrons. The summed E-state index contributed by atoms with van der Waals surface area (Å²) in [6, 6.07) is 4.92. The quantitative estimate of drug-likeness (QED) is 0.900. The maximum Gasteiger partial charge on any atom is 0.228 e. The number of hydrogen-bond acceptors (Lipinski definition) is 2. The van der Waals surface area contributed by atoms with Gasteiger partial charge in [-0.15, -0.1) is 0 Å². The topological polar surface area (TPSA) is 49.4 Å². The molecular formula is C15H18Cl2N2O2. The van der Waals surface area contributed by atoms with Crippen LogP contribution in [0.3, 0.4) is 0 Å². The molecule has 2 rings (SSSR count). The van der Waals surface area contributed by atoms with E-state index >= 15 is 0 Å². The molecule has 4 nitrogen and oxygen atoms in total. The Morgan fingerprint density at radius 1 is 1.19 bits per heavy atom. The minimum absolute atomic E-state index is 0.0642. The van der Waals surface area contributed by atoms with E-state index in [1.54, 1.807) is 23.1 Å². The number of anilines is 1. The van der Waals surface area contributed by atoms with Crippen LogP contribution in [0.15, 0.2) is 18.2 Å². The van der Waals surface area contributed by atoms with Gasteiger partial charge in [-0.25, -0.2) is 0 Å². The summed E-state index contributed by atoms with van der Waals surface area (Å²) in [6.07, 6.45) is 0.614. The molecule has 1 aromatic rings. The molecule has 0 heterocycles. The molecule has 2 amide bonds. The van der Waals surface area contributed by atoms with E-state index in [2.05, 4.69) is 5.32 Å². The van der Waals surface area contributed by atoms with E-state index < -0.39 is 0 Å². The lowest BCUT2D eigenvalue weighted by Crippen LogP contribution is -2.33. The number of carbonyl (C=O) groups excluding carboxylic acids is 2. The molecule has 0 bridgehead atoms. The summed E-state index contributed by atoms with van der Waals surface area (Å²) in [6.45, 7) is 5.23. The third kappa shape index (κ3) is 3.69. The van der Waals surface area contributed by atoms with Crippen LogP contribution < -0.4 is 5.32 Å². The normalized spacial score (nSPS) is 20.0. The van der Waals surface area contributed by atoms with Crippen molar-refractivity contribution in [2.45, 2.75) is 20.3 Å². The van der Waals surface area contributed by atoms with Gasteiger partial charge in [0.1, 0.15) is 0 Å². The fraction of sp³-hybridized carbons (Fsp3) is 0.467. The van der Waals surface area contributed by atoms with Crippen molar-refractivity contribution in [3.05, 3.63) is 28.2 Å². The number of nitrogens with one attached hydrogen (secondary N) is 1. The van der Waals surface area contributed by atoms with E-state index in [-0.39, 0.29) is 23.7 Å². The van der Waals surface area contributed by atoms with Gasteiger partial charge in [-0.2, -0.15) is 0 Å². The molecule has 0 saturated heterocycles. The van der Waals surface area contributed by atoms with Crippen LogP contribution in [0, 0.1) is 11.8 Å². The van der Waals surface area contributed by atoms with Crippen LogP contribution in [0.5, 0.6) is 0 Å². The number of carbonyl (C=O) groups is 2. The van der Waals surface area contributed by atoms with Crippen LogP contribution in [0.25, 0.3) is 0 Å². The molecule has 1 fully saturated rings. The second kappa shape index (κ2) is 6.67. The zero-order valence-corrected chi connectivity index (χ0v) is 13.5. The monoisotopic (exact) mass is 328 g/mol. The largest absolute Gasteiger partial charge is 0.343 e. The average Bonchev–Trinajstić information content (AvgIpc) is 3.24. The lowest BCUT2D eigenvalue weighted by Gasteiger charge is -2.18. The maximum absolute atomic E-state index is 12.1. The molecule has 0 radical (unpaired) electrons. The van der Waals surface area contributed by atoms with Crippen molar-refractivity contribution >= 4 is 40.7 Å². The number of benzene rings is 1. The molecule has 0 aromatic heterocycles. The van der Waals surface area contributed by atoms with Gasteiger partial charge in [0.2, 0.25) is 11.8 Å². The van der Waals surface area contributed by atoms with Gasteiger partial charge in [-0.05, 0) is 38.5 Å². The van der Waals surface area contributed by atoms with Gasteiger partial charge in [-0.3, -0.25) is 9.59 Å². The van der Waals surface area contributed by atoms with Crippen LogP contribution in [0.1, 0.15) is 20.3 Å². The van der Waals surface area contributed by atoms with E-state index in [0.717, 1.165) is 0 Å². The van der Waals surface area contributed by atoms with E-state index in [4.69, 9.17) is 23.2 Å². The first kappa shape index (κ1) is 16.1. The summed E-state index contributed by atoms with van der Waals surface area (Å²) < 4.78 is 0. The standard InChI is InChI=1S/C15H18Cl2N2O2/c1-3-19(4-2)15(21)11-8-10(11)14(20)18-9-5-6-12(16)13(17)7-9/h5-7,10-11H,3-4,8H2,1-2H3,(H,18,20). The molecule has 21 heavy (non-hydrogen) atoms. The van der Waals surface area contributed by atoms with E-state index in [1.807, 2.05) is 13.8 Å². The molecule has 1 saturated carbocycles. The molecule has 2 atom stereocenters. The van der Waals surface area contributed by atoms with Gasteiger partial charge >= 0.3 is 0 Å². The number of rotatable bonds is 5. The van der Waals surface area contributed by atoms with E-state index in [0.29, 0.717) is 35.2 Å². The fourth-order valence-corrected chi connectivity index (χ4v) is 2.63. The zero-order valence-electron chi connectivity index (χ0n) is 12.0. The fourth-order valence-electron chi connectivity index (χ4n) is 2.34. The molecular weight excluding hydrogens is 311 g/mol. The molecule has 0 aliphatic heterocycles. The number of nitrogens with zero attached hydrogens (tertiary/aromatic N) is 1. The minimum atomic E-state index is -0.243. The average molecular weight is 329 g/mol. The lowest BCUT2D eigenvalue weighted by atomic mass is 10.2. The Hall–Kier alpha value is -1.26. The third-order valence-corrected chi connectivity index (χ3v) is 4.45. The predicted octanol–water partition coefficient (Wildman–Crippen LogP) is 3.44. The van der Waals surface area contributed by atoms with Crippen LogP contribution in [0.4, 0.5) is 5.69 Å². The highest BCUT2D eigenvalue weighted by molar-refractivity contribution is 6.42. The van der Waals surface area contributed by atoms with Gasteiger partial charge in [0, 0.05) is 18.8 Å². The summed E-state index contributed by atoms with van der Waals surface area (Å²) in [5.74, 6) is -0.506.